The highest BCUT2D eigenvalue weighted by atomic mass is 16.5. The second-order valence-electron chi connectivity index (χ2n) is 9.66. The topological polar surface area (TPSA) is 84.7 Å². The number of ether oxygens (including phenoxy) is 1. The molecule has 1 unspecified atom stereocenters. The Morgan fingerprint density at radius 1 is 1.00 bits per heavy atom. The van der Waals surface area contributed by atoms with E-state index in [1.165, 1.54) is 0 Å². The van der Waals surface area contributed by atoms with E-state index in [1.54, 1.807) is 41.7 Å². The van der Waals surface area contributed by atoms with Gasteiger partial charge in [-0.05, 0) is 61.6 Å². The van der Waals surface area contributed by atoms with Crippen molar-refractivity contribution >= 4 is 17.4 Å². The molecule has 1 fully saturated rings. The fourth-order valence-electron chi connectivity index (χ4n) is 4.48. The molecule has 1 aliphatic rings. The first-order valence-corrected chi connectivity index (χ1v) is 12.4. The second kappa shape index (κ2) is 10.8. The van der Waals surface area contributed by atoms with Crippen LogP contribution in [0.15, 0.2) is 72.8 Å². The number of nitrogens with zero attached hydrogens (tertiary/aromatic N) is 3. The second-order valence-corrected chi connectivity index (χ2v) is 9.66. The van der Waals surface area contributed by atoms with Crippen LogP contribution in [-0.4, -0.2) is 43.9 Å². The lowest BCUT2D eigenvalue weighted by Gasteiger charge is -2.26. The highest BCUT2D eigenvalue weighted by Crippen LogP contribution is 2.40. The van der Waals surface area contributed by atoms with Gasteiger partial charge >= 0.3 is 0 Å². The number of carbonyl (C=O) groups excluding carboxylic acids is 2. The first-order valence-electron chi connectivity index (χ1n) is 12.4. The van der Waals surface area contributed by atoms with Gasteiger partial charge in [0.05, 0.1) is 24.0 Å². The molecule has 1 N–H and O–H groups in total. The zero-order chi connectivity index (χ0) is 25.8. The Labute approximate surface area is 212 Å². The Morgan fingerprint density at radius 3 is 2.28 bits per heavy atom. The lowest BCUT2D eigenvalue weighted by Crippen LogP contribution is -2.31. The van der Waals surface area contributed by atoms with Gasteiger partial charge < -0.3 is 19.3 Å². The van der Waals surface area contributed by atoms with Crippen molar-refractivity contribution in [3.05, 3.63) is 89.5 Å². The Bertz CT molecular complexity index is 1230. The molecule has 188 valence electrons. The van der Waals surface area contributed by atoms with Crippen LogP contribution in [0.3, 0.4) is 0 Å². The summed E-state index contributed by atoms with van der Waals surface area (Å²) in [4.78, 5) is 32.0. The van der Waals surface area contributed by atoms with Crippen LogP contribution in [0.4, 0.5) is 0 Å². The van der Waals surface area contributed by atoms with Crippen LogP contribution in [0.25, 0.3) is 5.76 Å². The predicted octanol–water partition coefficient (Wildman–Crippen LogP) is 5.31. The number of ketones is 1. The molecular weight excluding hydrogens is 454 g/mol. The average Bonchev–Trinajstić information content (AvgIpc) is 3.46. The zero-order valence-electron chi connectivity index (χ0n) is 21.2. The van der Waals surface area contributed by atoms with Gasteiger partial charge in [0.1, 0.15) is 11.5 Å². The van der Waals surface area contributed by atoms with Crippen LogP contribution < -0.4 is 4.74 Å². The summed E-state index contributed by atoms with van der Waals surface area (Å²) in [5.41, 5.74) is 2.53. The van der Waals surface area contributed by atoms with Crippen LogP contribution in [0.2, 0.25) is 0 Å². The van der Waals surface area contributed by atoms with E-state index in [1.807, 2.05) is 48.9 Å². The van der Waals surface area contributed by atoms with E-state index in [4.69, 9.17) is 4.74 Å². The van der Waals surface area contributed by atoms with Gasteiger partial charge in [0.15, 0.2) is 0 Å². The SMILES string of the molecule is CC(C)Oc1ccc(C(O)=C2C(=O)C(=O)N(CCCn3ccnc3)C2c2ccc(C(C)C)cc2)cc1. The number of rotatable bonds is 9. The number of imidazole rings is 1. The molecular formula is C29H33N3O4. The Balaban J connectivity index is 1.70. The van der Waals surface area contributed by atoms with Gasteiger partial charge in [-0.15, -0.1) is 0 Å². The number of hydrogen-bond donors (Lipinski definition) is 1. The minimum Gasteiger partial charge on any atom is -0.507 e. The summed E-state index contributed by atoms with van der Waals surface area (Å²) in [6, 6.07) is 14.2. The van der Waals surface area contributed by atoms with Gasteiger partial charge in [-0.3, -0.25) is 9.59 Å². The minimum absolute atomic E-state index is 0.0194. The first-order chi connectivity index (χ1) is 17.3. The lowest BCUT2D eigenvalue weighted by molar-refractivity contribution is -0.139. The van der Waals surface area contributed by atoms with Crippen molar-refractivity contribution in [3.63, 3.8) is 0 Å². The third-order valence-electron chi connectivity index (χ3n) is 6.33. The van der Waals surface area contributed by atoms with Crippen LogP contribution in [0, 0.1) is 0 Å². The summed E-state index contributed by atoms with van der Waals surface area (Å²) >= 11 is 0. The number of aryl methyl sites for hydroxylation is 1. The summed E-state index contributed by atoms with van der Waals surface area (Å²) in [5, 5.41) is 11.3. The van der Waals surface area contributed by atoms with Crippen molar-refractivity contribution in [2.45, 2.75) is 58.7 Å². The maximum absolute atomic E-state index is 13.2. The molecule has 7 nitrogen and oxygen atoms in total. The number of carbonyl (C=O) groups is 2. The quantitative estimate of drug-likeness (QED) is 0.251. The molecule has 0 saturated carbocycles. The van der Waals surface area contributed by atoms with E-state index in [2.05, 4.69) is 18.8 Å². The molecule has 0 aliphatic carbocycles. The van der Waals surface area contributed by atoms with Crippen molar-refractivity contribution in [2.75, 3.05) is 6.54 Å². The van der Waals surface area contributed by atoms with E-state index in [0.29, 0.717) is 36.7 Å². The Hall–Kier alpha value is -3.87. The van der Waals surface area contributed by atoms with Crippen LogP contribution in [0.5, 0.6) is 5.75 Å². The summed E-state index contributed by atoms with van der Waals surface area (Å²) in [7, 11) is 0. The van der Waals surface area contributed by atoms with Gasteiger partial charge in [-0.1, -0.05) is 38.1 Å². The van der Waals surface area contributed by atoms with E-state index in [9.17, 15) is 14.7 Å². The average molecular weight is 488 g/mol. The zero-order valence-corrected chi connectivity index (χ0v) is 21.2. The molecule has 4 rings (SSSR count). The number of likely N-dealkylation sites (tertiary alicyclic amines) is 1. The third-order valence-corrected chi connectivity index (χ3v) is 6.33. The molecule has 1 atom stereocenters. The van der Waals surface area contributed by atoms with E-state index in [-0.39, 0.29) is 17.4 Å². The predicted molar refractivity (Wildman–Crippen MR) is 139 cm³/mol. The minimum atomic E-state index is -0.671. The molecule has 3 aromatic rings. The number of aromatic nitrogens is 2. The molecule has 1 aromatic heterocycles. The van der Waals surface area contributed by atoms with Crippen molar-refractivity contribution in [2.24, 2.45) is 0 Å². The molecule has 36 heavy (non-hydrogen) atoms. The van der Waals surface area contributed by atoms with Crippen LogP contribution in [0.1, 0.15) is 62.8 Å². The number of benzene rings is 2. The van der Waals surface area contributed by atoms with E-state index in [0.717, 1.165) is 11.1 Å². The number of hydrogen-bond acceptors (Lipinski definition) is 5. The van der Waals surface area contributed by atoms with Gasteiger partial charge in [-0.25, -0.2) is 4.98 Å². The molecule has 2 aromatic carbocycles. The molecule has 1 aliphatic heterocycles. The molecule has 1 saturated heterocycles. The Morgan fingerprint density at radius 2 is 1.69 bits per heavy atom. The third kappa shape index (κ3) is 5.35. The largest absolute Gasteiger partial charge is 0.507 e. The van der Waals surface area contributed by atoms with Gasteiger partial charge in [0.2, 0.25) is 0 Å². The number of aliphatic hydroxyl groups is 1. The molecule has 0 bridgehead atoms. The number of aliphatic hydroxyl groups excluding tert-OH is 1. The van der Waals surface area contributed by atoms with Crippen molar-refractivity contribution in [3.8, 4) is 5.75 Å². The fraction of sp³-hybridized carbons (Fsp3) is 0.345. The van der Waals surface area contributed by atoms with Gasteiger partial charge in [0, 0.05) is 31.0 Å². The fourth-order valence-corrected chi connectivity index (χ4v) is 4.48. The maximum atomic E-state index is 13.2. The van der Waals surface area contributed by atoms with Gasteiger partial charge in [-0.2, -0.15) is 0 Å². The molecule has 0 spiro atoms. The number of amides is 1. The first kappa shape index (κ1) is 25.2. The molecule has 7 heteroatoms. The van der Waals surface area contributed by atoms with E-state index >= 15 is 0 Å². The van der Waals surface area contributed by atoms with Crippen LogP contribution in [-0.2, 0) is 16.1 Å². The van der Waals surface area contributed by atoms with Crippen molar-refractivity contribution < 1.29 is 19.4 Å². The molecule has 0 radical (unpaired) electrons. The highest BCUT2D eigenvalue weighted by molar-refractivity contribution is 6.46. The lowest BCUT2D eigenvalue weighted by atomic mass is 9.93. The summed E-state index contributed by atoms with van der Waals surface area (Å²) in [6.45, 7) is 9.14. The summed E-state index contributed by atoms with van der Waals surface area (Å²) < 4.78 is 7.63. The monoisotopic (exact) mass is 487 g/mol. The Kier molecular flexibility index (Phi) is 7.58. The summed E-state index contributed by atoms with van der Waals surface area (Å²) in [6.07, 6.45) is 5.96. The number of Topliss-reactive ketones (excluding diaryl/α,β-unsaturated/α-hetero) is 1. The summed E-state index contributed by atoms with van der Waals surface area (Å²) in [5.74, 6) is -0.426. The molecule has 1 amide bonds. The van der Waals surface area contributed by atoms with Crippen LogP contribution >= 0.6 is 0 Å². The standard InChI is InChI=1S/C29H33N3O4/c1-19(2)21-6-8-22(9-7-21)26-25(27(33)23-10-12-24(13-11-23)36-20(3)4)28(34)29(35)32(26)16-5-15-31-17-14-30-18-31/h6-14,17-20,26,33H,5,15-16H2,1-4H3. The highest BCUT2D eigenvalue weighted by Gasteiger charge is 2.45. The van der Waals surface area contributed by atoms with Crippen molar-refractivity contribution in [1.82, 2.24) is 14.5 Å². The van der Waals surface area contributed by atoms with Gasteiger partial charge in [0.25, 0.3) is 11.7 Å². The smallest absolute Gasteiger partial charge is 0.295 e. The van der Waals surface area contributed by atoms with E-state index < -0.39 is 17.7 Å². The molecule has 2 heterocycles. The normalized spacial score (nSPS) is 17.4. The van der Waals surface area contributed by atoms with Crippen molar-refractivity contribution in [1.29, 1.82) is 0 Å². The maximum Gasteiger partial charge on any atom is 0.295 e.